The minimum atomic E-state index is -0.979. The molecular weight excluding hydrogens is 492 g/mol. The van der Waals surface area contributed by atoms with Crippen molar-refractivity contribution in [2.45, 2.75) is 51.2 Å². The van der Waals surface area contributed by atoms with Gasteiger partial charge in [-0.3, -0.25) is 9.59 Å². The number of para-hydroxylation sites is 1. The second-order valence-corrected chi connectivity index (χ2v) is 10.5. The van der Waals surface area contributed by atoms with Crippen molar-refractivity contribution in [2.75, 3.05) is 18.0 Å². The Labute approximate surface area is 229 Å². The van der Waals surface area contributed by atoms with Gasteiger partial charge in [-0.15, -0.1) is 0 Å². The van der Waals surface area contributed by atoms with Gasteiger partial charge in [-0.25, -0.2) is 4.79 Å². The summed E-state index contributed by atoms with van der Waals surface area (Å²) in [6, 6.07) is 21.6. The maximum absolute atomic E-state index is 13.8. The number of carbonyl (C=O) groups excluding carboxylic acids is 2. The molecule has 1 heterocycles. The van der Waals surface area contributed by atoms with Crippen molar-refractivity contribution in [3.8, 4) is 11.1 Å². The number of aryl methyl sites for hydroxylation is 1. The van der Waals surface area contributed by atoms with E-state index in [-0.39, 0.29) is 23.8 Å². The second kappa shape index (κ2) is 12.2. The number of rotatable bonds is 10. The number of carboxylic acids is 1. The van der Waals surface area contributed by atoms with E-state index in [2.05, 4.69) is 10.6 Å². The van der Waals surface area contributed by atoms with Gasteiger partial charge in [-0.05, 0) is 61.1 Å². The zero-order valence-corrected chi connectivity index (χ0v) is 22.4. The van der Waals surface area contributed by atoms with Crippen LogP contribution >= 0.6 is 0 Å². The summed E-state index contributed by atoms with van der Waals surface area (Å²) < 4.78 is 0. The molecule has 0 aliphatic carbocycles. The van der Waals surface area contributed by atoms with Gasteiger partial charge in [-0.2, -0.15) is 0 Å². The molecule has 0 aromatic heterocycles. The third-order valence-electron chi connectivity index (χ3n) is 7.00. The summed E-state index contributed by atoms with van der Waals surface area (Å²) in [6.45, 7) is 5.29. The van der Waals surface area contributed by atoms with Crippen molar-refractivity contribution in [1.29, 1.82) is 0 Å². The average molecular weight is 529 g/mol. The number of anilines is 1. The fourth-order valence-electron chi connectivity index (χ4n) is 5.03. The van der Waals surface area contributed by atoms with Crippen LogP contribution in [0.3, 0.4) is 0 Å². The number of carboxylic acid groups (broad SMARTS) is 1. The van der Waals surface area contributed by atoms with Crippen molar-refractivity contribution >= 4 is 23.5 Å². The molecule has 204 valence electrons. The number of nitrogens with two attached hydrogens (primary N) is 1. The van der Waals surface area contributed by atoms with Crippen LogP contribution in [-0.4, -0.2) is 47.6 Å². The van der Waals surface area contributed by atoms with E-state index in [4.69, 9.17) is 5.73 Å². The van der Waals surface area contributed by atoms with Crippen LogP contribution in [0.25, 0.3) is 11.1 Å². The van der Waals surface area contributed by atoms with Gasteiger partial charge in [0.25, 0.3) is 0 Å². The molecule has 0 saturated heterocycles. The Balaban J connectivity index is 1.55. The molecule has 4 rings (SSSR count). The molecule has 1 unspecified atom stereocenters. The molecule has 0 radical (unpaired) electrons. The highest BCUT2D eigenvalue weighted by molar-refractivity contribution is 6.00. The van der Waals surface area contributed by atoms with Crippen LogP contribution in [0.1, 0.15) is 48.2 Å². The zero-order valence-electron chi connectivity index (χ0n) is 22.4. The predicted molar refractivity (Wildman–Crippen MR) is 152 cm³/mol. The number of hydrogen-bond acceptors (Lipinski definition) is 5. The number of aromatic carboxylic acids is 1. The van der Waals surface area contributed by atoms with Gasteiger partial charge in [-0.1, -0.05) is 60.7 Å². The molecule has 3 aromatic carbocycles. The molecule has 1 atom stereocenters. The van der Waals surface area contributed by atoms with Crippen LogP contribution in [0.5, 0.6) is 0 Å². The normalized spacial score (nSPS) is 15.4. The quantitative estimate of drug-likeness (QED) is 0.318. The molecule has 39 heavy (non-hydrogen) atoms. The number of hydrogen-bond donors (Lipinski definition) is 4. The van der Waals surface area contributed by atoms with Gasteiger partial charge in [0.05, 0.1) is 12.1 Å². The first-order valence-corrected chi connectivity index (χ1v) is 13.2. The highest BCUT2D eigenvalue weighted by Crippen LogP contribution is 2.30. The minimum absolute atomic E-state index is 0.152. The van der Waals surface area contributed by atoms with E-state index in [1.807, 2.05) is 68.4 Å². The Bertz CT molecular complexity index is 1340. The maximum Gasteiger partial charge on any atom is 0.336 e. The molecule has 8 nitrogen and oxygen atoms in total. The van der Waals surface area contributed by atoms with Crippen LogP contribution in [-0.2, 0) is 22.6 Å². The number of amides is 2. The summed E-state index contributed by atoms with van der Waals surface area (Å²) in [4.78, 5) is 40.1. The van der Waals surface area contributed by atoms with E-state index in [0.717, 1.165) is 22.4 Å². The minimum Gasteiger partial charge on any atom is -0.478 e. The summed E-state index contributed by atoms with van der Waals surface area (Å²) in [5.74, 6) is -1.32. The highest BCUT2D eigenvalue weighted by Gasteiger charge is 2.32. The Morgan fingerprint density at radius 2 is 1.72 bits per heavy atom. The largest absolute Gasteiger partial charge is 0.478 e. The average Bonchev–Trinajstić information content (AvgIpc) is 3.04. The number of fused-ring (bicyclic) bond motifs is 1. The van der Waals surface area contributed by atoms with Crippen molar-refractivity contribution in [2.24, 2.45) is 5.73 Å². The number of benzene rings is 3. The maximum atomic E-state index is 13.8. The number of nitrogens with one attached hydrogen (secondary N) is 2. The molecular formula is C31H36N4O4. The lowest BCUT2D eigenvalue weighted by Crippen LogP contribution is -2.51. The zero-order chi connectivity index (χ0) is 28.0. The molecule has 0 bridgehead atoms. The van der Waals surface area contributed by atoms with E-state index >= 15 is 0 Å². The van der Waals surface area contributed by atoms with Gasteiger partial charge < -0.3 is 26.4 Å². The highest BCUT2D eigenvalue weighted by atomic mass is 16.4. The lowest BCUT2D eigenvalue weighted by Gasteiger charge is -2.29. The first kappa shape index (κ1) is 28.0. The summed E-state index contributed by atoms with van der Waals surface area (Å²) >= 11 is 0. The van der Waals surface area contributed by atoms with Gasteiger partial charge in [0.15, 0.2) is 0 Å². The van der Waals surface area contributed by atoms with Crippen LogP contribution in [0, 0.1) is 0 Å². The lowest BCUT2D eigenvalue weighted by molar-refractivity contribution is -0.128. The lowest BCUT2D eigenvalue weighted by atomic mass is 9.98. The van der Waals surface area contributed by atoms with Crippen molar-refractivity contribution in [1.82, 2.24) is 10.6 Å². The van der Waals surface area contributed by atoms with E-state index in [1.165, 1.54) is 0 Å². The molecule has 1 aliphatic rings. The molecule has 1 aliphatic heterocycles. The van der Waals surface area contributed by atoms with E-state index in [0.29, 0.717) is 38.0 Å². The van der Waals surface area contributed by atoms with Crippen molar-refractivity contribution < 1.29 is 19.5 Å². The Kier molecular flexibility index (Phi) is 8.79. The summed E-state index contributed by atoms with van der Waals surface area (Å²) in [6.07, 6.45) is 1.41. The number of carbonyl (C=O) groups is 3. The third-order valence-corrected chi connectivity index (χ3v) is 7.00. The monoisotopic (exact) mass is 528 g/mol. The van der Waals surface area contributed by atoms with E-state index in [9.17, 15) is 19.5 Å². The summed E-state index contributed by atoms with van der Waals surface area (Å²) in [5.41, 5.74) is 9.60. The first-order chi connectivity index (χ1) is 18.7. The van der Waals surface area contributed by atoms with Crippen LogP contribution in [0.4, 0.5) is 5.69 Å². The van der Waals surface area contributed by atoms with Gasteiger partial charge in [0.1, 0.15) is 6.04 Å². The van der Waals surface area contributed by atoms with Crippen LogP contribution in [0.15, 0.2) is 72.8 Å². The molecule has 8 heteroatoms. The van der Waals surface area contributed by atoms with Gasteiger partial charge in [0, 0.05) is 30.7 Å². The smallest absolute Gasteiger partial charge is 0.336 e. The Morgan fingerprint density at radius 1 is 1.03 bits per heavy atom. The van der Waals surface area contributed by atoms with Gasteiger partial charge in [0.2, 0.25) is 11.8 Å². The topological polar surface area (TPSA) is 125 Å². The Morgan fingerprint density at radius 3 is 2.44 bits per heavy atom. The summed E-state index contributed by atoms with van der Waals surface area (Å²) in [5, 5.41) is 15.8. The molecule has 5 N–H and O–H groups in total. The standard InChI is InChI=1S/C31H36N4O4/c1-31(2,33-18-17-32)19-28(36)34-26-16-15-23-7-3-6-10-27(23)35(29(26)37)20-21-11-13-22(14-12-21)24-8-4-5-9-25(24)30(38)39/h3-14,26,33H,15-20,32H2,1-2H3,(H,34,36)(H,38,39). The SMILES string of the molecule is CC(C)(CC(=O)NC1CCc2ccccc2N(Cc2ccc(-c3ccccc3C(=O)O)cc2)C1=O)NCCN. The van der Waals surface area contributed by atoms with Crippen molar-refractivity contribution in [3.05, 3.63) is 89.5 Å². The number of nitrogens with zero attached hydrogens (tertiary/aromatic N) is 1. The second-order valence-electron chi connectivity index (χ2n) is 10.5. The van der Waals surface area contributed by atoms with Crippen LogP contribution < -0.4 is 21.3 Å². The first-order valence-electron chi connectivity index (χ1n) is 13.2. The van der Waals surface area contributed by atoms with E-state index in [1.54, 1.807) is 23.1 Å². The fourth-order valence-corrected chi connectivity index (χ4v) is 5.03. The molecule has 3 aromatic rings. The molecule has 0 fully saturated rings. The van der Waals surface area contributed by atoms with Crippen LogP contribution in [0.2, 0.25) is 0 Å². The fraction of sp³-hybridized carbons (Fsp3) is 0.323. The van der Waals surface area contributed by atoms with Crippen molar-refractivity contribution in [3.63, 3.8) is 0 Å². The predicted octanol–water partition coefficient (Wildman–Crippen LogP) is 3.73. The van der Waals surface area contributed by atoms with E-state index < -0.39 is 17.6 Å². The molecule has 0 saturated carbocycles. The Hall–Kier alpha value is -4.01. The molecule has 2 amide bonds. The third kappa shape index (κ3) is 6.90. The summed E-state index contributed by atoms with van der Waals surface area (Å²) in [7, 11) is 0. The molecule has 0 spiro atoms. The van der Waals surface area contributed by atoms with Gasteiger partial charge >= 0.3 is 5.97 Å².